The average molecular weight is 104 g/mol. The Hall–Kier alpha value is 0.137. The predicted octanol–water partition coefficient (Wildman–Crippen LogP) is -1.79. The van der Waals surface area contributed by atoms with Crippen molar-refractivity contribution in [3.63, 3.8) is 0 Å². The highest BCUT2D eigenvalue weighted by molar-refractivity contribution is 6.04. The molecule has 0 spiro atoms. The second kappa shape index (κ2) is 5.14. The van der Waals surface area contributed by atoms with Crippen molar-refractivity contribution in [3.05, 3.63) is 0 Å². The van der Waals surface area contributed by atoms with Gasteiger partial charge in [-0.25, -0.2) is 0 Å². The van der Waals surface area contributed by atoms with Crippen molar-refractivity contribution in [2.24, 2.45) is 5.73 Å². The maximum Gasteiger partial charge on any atom is 0.0749 e. The first-order valence-electron chi connectivity index (χ1n) is 2.26. The van der Waals surface area contributed by atoms with Crippen LogP contribution in [0.1, 0.15) is 6.42 Å². The van der Waals surface area contributed by atoms with Gasteiger partial charge in [-0.05, 0) is 19.5 Å². The van der Waals surface area contributed by atoms with Gasteiger partial charge in [0.2, 0.25) is 0 Å². The van der Waals surface area contributed by atoms with Gasteiger partial charge in [-0.3, -0.25) is 0 Å². The normalized spacial score (nSPS) is 9.50. The van der Waals surface area contributed by atoms with Crippen LogP contribution in [0, 0.1) is 0 Å². The minimum atomic E-state index is 0.815. The van der Waals surface area contributed by atoms with Crippen LogP contribution in [0.25, 0.3) is 0 Å². The van der Waals surface area contributed by atoms with Crippen molar-refractivity contribution in [2.75, 3.05) is 13.1 Å². The molecule has 0 aliphatic heterocycles. The molecule has 3 N–H and O–H groups in total. The minimum absolute atomic E-state index is 0.815. The molecule has 0 aromatic heterocycles. The standard InChI is InChI=1S/C3H12N2Si/c4-2-1-3-5-6/h5H,1-4H2,6H3. The van der Waals surface area contributed by atoms with Crippen LogP contribution in [-0.2, 0) is 0 Å². The number of nitrogens with two attached hydrogens (primary N) is 1. The van der Waals surface area contributed by atoms with E-state index in [0.717, 1.165) is 29.9 Å². The van der Waals surface area contributed by atoms with E-state index in [2.05, 4.69) is 4.98 Å². The lowest BCUT2D eigenvalue weighted by atomic mass is 10.4. The van der Waals surface area contributed by atoms with Gasteiger partial charge < -0.3 is 10.7 Å². The molecule has 0 aliphatic carbocycles. The zero-order chi connectivity index (χ0) is 4.83. The number of nitrogens with one attached hydrogen (secondary N) is 1. The van der Waals surface area contributed by atoms with Gasteiger partial charge in [0.25, 0.3) is 0 Å². The first-order valence-corrected chi connectivity index (χ1v) is 3.26. The van der Waals surface area contributed by atoms with Gasteiger partial charge in [0, 0.05) is 0 Å². The molecule has 0 fully saturated rings. The Morgan fingerprint density at radius 1 is 1.67 bits per heavy atom. The van der Waals surface area contributed by atoms with Gasteiger partial charge in [0.15, 0.2) is 0 Å². The van der Waals surface area contributed by atoms with E-state index in [4.69, 9.17) is 5.73 Å². The van der Waals surface area contributed by atoms with Gasteiger partial charge in [-0.2, -0.15) is 0 Å². The van der Waals surface area contributed by atoms with E-state index in [0.29, 0.717) is 0 Å². The van der Waals surface area contributed by atoms with Gasteiger partial charge in [-0.1, -0.05) is 0 Å². The van der Waals surface area contributed by atoms with E-state index in [-0.39, 0.29) is 0 Å². The Morgan fingerprint density at radius 3 is 2.50 bits per heavy atom. The van der Waals surface area contributed by atoms with Crippen molar-refractivity contribution < 1.29 is 0 Å². The third-order valence-corrected chi connectivity index (χ3v) is 1.13. The summed E-state index contributed by atoms with van der Waals surface area (Å²) >= 11 is 0. The molecular weight excluding hydrogens is 92.1 g/mol. The summed E-state index contributed by atoms with van der Waals surface area (Å²) in [5.74, 6) is 0. The summed E-state index contributed by atoms with van der Waals surface area (Å²) in [6, 6.07) is 0. The summed E-state index contributed by atoms with van der Waals surface area (Å²) < 4.78 is 0. The second-order valence-electron chi connectivity index (χ2n) is 1.25. The van der Waals surface area contributed by atoms with Crippen LogP contribution < -0.4 is 10.7 Å². The topological polar surface area (TPSA) is 38.0 Å². The number of rotatable bonds is 3. The predicted molar refractivity (Wildman–Crippen MR) is 31.6 cm³/mol. The molecule has 0 amide bonds. The van der Waals surface area contributed by atoms with Crippen LogP contribution in [0.15, 0.2) is 0 Å². The highest BCUT2D eigenvalue weighted by atomic mass is 28.2. The quantitative estimate of drug-likeness (QED) is 0.328. The average Bonchev–Trinajstić information content (AvgIpc) is 1.61. The molecule has 0 atom stereocenters. The molecule has 0 heterocycles. The minimum Gasteiger partial charge on any atom is -0.345 e. The molecule has 0 saturated heterocycles. The SMILES string of the molecule is NCCCN[SiH3]. The lowest BCUT2D eigenvalue weighted by Gasteiger charge is -1.90. The Balaban J connectivity index is 2.34. The van der Waals surface area contributed by atoms with E-state index in [1.807, 2.05) is 0 Å². The molecule has 0 bridgehead atoms. The highest BCUT2D eigenvalue weighted by Crippen LogP contribution is 1.62. The molecule has 3 heteroatoms. The van der Waals surface area contributed by atoms with E-state index >= 15 is 0 Å². The van der Waals surface area contributed by atoms with Crippen LogP contribution >= 0.6 is 0 Å². The fourth-order valence-corrected chi connectivity index (χ4v) is 0.632. The lowest BCUT2D eigenvalue weighted by molar-refractivity contribution is 0.802. The van der Waals surface area contributed by atoms with Gasteiger partial charge in [0.05, 0.1) is 10.4 Å². The van der Waals surface area contributed by atoms with Crippen LogP contribution in [0.5, 0.6) is 0 Å². The van der Waals surface area contributed by atoms with Gasteiger partial charge in [0.1, 0.15) is 0 Å². The van der Waals surface area contributed by atoms with Gasteiger partial charge >= 0.3 is 0 Å². The summed E-state index contributed by atoms with van der Waals surface area (Å²) in [6.45, 7) is 1.91. The van der Waals surface area contributed by atoms with Gasteiger partial charge in [-0.15, -0.1) is 0 Å². The molecule has 6 heavy (non-hydrogen) atoms. The molecule has 38 valence electrons. The van der Waals surface area contributed by atoms with E-state index < -0.39 is 0 Å². The van der Waals surface area contributed by atoms with Crippen LogP contribution in [0.3, 0.4) is 0 Å². The summed E-state index contributed by atoms with van der Waals surface area (Å²) in [5.41, 5.74) is 5.19. The second-order valence-corrected chi connectivity index (χ2v) is 1.95. The van der Waals surface area contributed by atoms with Crippen molar-refractivity contribution in [2.45, 2.75) is 6.42 Å². The highest BCUT2D eigenvalue weighted by Gasteiger charge is 1.73. The Bertz CT molecular complexity index is 20.8. The van der Waals surface area contributed by atoms with Crippen LogP contribution in [-0.4, -0.2) is 23.5 Å². The Kier molecular flexibility index (Phi) is 5.25. The molecule has 0 aromatic carbocycles. The molecule has 2 nitrogen and oxygen atoms in total. The van der Waals surface area contributed by atoms with Crippen molar-refractivity contribution in [1.82, 2.24) is 4.98 Å². The van der Waals surface area contributed by atoms with Crippen molar-refractivity contribution in [1.29, 1.82) is 0 Å². The van der Waals surface area contributed by atoms with E-state index in [9.17, 15) is 0 Å². The maximum absolute atomic E-state index is 5.19. The molecule has 0 unspecified atom stereocenters. The van der Waals surface area contributed by atoms with Crippen LogP contribution in [0.4, 0.5) is 0 Å². The third kappa shape index (κ3) is 4.14. The maximum atomic E-state index is 5.19. The van der Waals surface area contributed by atoms with Crippen LogP contribution in [0.2, 0.25) is 0 Å². The summed E-state index contributed by atoms with van der Waals surface area (Å²) in [4.78, 5) is 3.13. The van der Waals surface area contributed by atoms with E-state index in [1.165, 1.54) is 0 Å². The molecular formula is C3H12N2Si. The number of hydrogen-bond donors (Lipinski definition) is 2. The molecule has 0 saturated carbocycles. The summed E-state index contributed by atoms with van der Waals surface area (Å²) in [6.07, 6.45) is 1.11. The zero-order valence-electron chi connectivity index (χ0n) is 4.20. The van der Waals surface area contributed by atoms with Crippen molar-refractivity contribution in [3.8, 4) is 0 Å². The summed E-state index contributed by atoms with van der Waals surface area (Å²) in [7, 11) is 1.10. The smallest absolute Gasteiger partial charge is 0.0749 e. The molecule has 0 aliphatic rings. The first kappa shape index (κ1) is 6.14. The molecule has 0 aromatic rings. The number of hydrogen-bond acceptors (Lipinski definition) is 2. The Labute approximate surface area is 41.6 Å². The summed E-state index contributed by atoms with van der Waals surface area (Å²) in [5, 5.41) is 0. The monoisotopic (exact) mass is 104 g/mol. The third-order valence-electron chi connectivity index (χ3n) is 0.631. The first-order chi connectivity index (χ1) is 2.91. The Morgan fingerprint density at radius 2 is 2.33 bits per heavy atom. The van der Waals surface area contributed by atoms with Crippen molar-refractivity contribution >= 4 is 10.4 Å². The largest absolute Gasteiger partial charge is 0.345 e. The molecule has 0 radical (unpaired) electrons. The lowest BCUT2D eigenvalue weighted by Crippen LogP contribution is -2.13. The zero-order valence-corrected chi connectivity index (χ0v) is 6.20. The molecule has 0 rings (SSSR count). The fraction of sp³-hybridized carbons (Fsp3) is 1.00. The van der Waals surface area contributed by atoms with E-state index in [1.54, 1.807) is 0 Å². The fourth-order valence-electron chi connectivity index (χ4n) is 0.279.